The summed E-state index contributed by atoms with van der Waals surface area (Å²) in [6.07, 6.45) is 1.87. The number of hydrogen-bond acceptors (Lipinski definition) is 2. The van der Waals surface area contributed by atoms with E-state index in [-0.39, 0.29) is 41.8 Å². The van der Waals surface area contributed by atoms with E-state index in [0.29, 0.717) is 0 Å². The van der Waals surface area contributed by atoms with Crippen LogP contribution >= 0.6 is 0 Å². The van der Waals surface area contributed by atoms with Gasteiger partial charge in [0.25, 0.3) is 0 Å². The van der Waals surface area contributed by atoms with Crippen molar-refractivity contribution in [2.45, 2.75) is 78.6 Å². The zero-order valence-electron chi connectivity index (χ0n) is 24.6. The van der Waals surface area contributed by atoms with Crippen molar-refractivity contribution in [2.24, 2.45) is 5.41 Å². The summed E-state index contributed by atoms with van der Waals surface area (Å²) in [6.45, 7) is 25.0. The molecule has 0 saturated heterocycles. The van der Waals surface area contributed by atoms with Gasteiger partial charge in [-0.3, -0.25) is 9.97 Å². The van der Waals surface area contributed by atoms with Crippen LogP contribution in [0.4, 0.5) is 0 Å². The summed E-state index contributed by atoms with van der Waals surface area (Å²) < 4.78 is 2.30. The maximum absolute atomic E-state index is 5.37. The number of imidazole rings is 1. The first kappa shape index (κ1) is 27.7. The van der Waals surface area contributed by atoms with Gasteiger partial charge in [-0.15, -0.1) is 18.2 Å². The maximum Gasteiger partial charge on any atom is 0.102 e. The van der Waals surface area contributed by atoms with Gasteiger partial charge in [-0.2, -0.15) is 0 Å². The molecule has 203 valence electrons. The number of fused-ring (bicyclic) bond motifs is 6. The fraction of sp³-hybridized carbons (Fsp3) is 0.371. The van der Waals surface area contributed by atoms with E-state index in [2.05, 4.69) is 122 Å². The van der Waals surface area contributed by atoms with Gasteiger partial charge >= 0.3 is 0 Å². The van der Waals surface area contributed by atoms with Gasteiger partial charge in [-0.1, -0.05) is 110 Å². The van der Waals surface area contributed by atoms with Gasteiger partial charge in [0.2, 0.25) is 0 Å². The van der Waals surface area contributed by atoms with Gasteiger partial charge in [0.15, 0.2) is 0 Å². The van der Waals surface area contributed by atoms with Crippen molar-refractivity contribution in [3.05, 3.63) is 83.7 Å². The monoisotopic (exact) mass is 693 g/mol. The zero-order valence-corrected chi connectivity index (χ0v) is 27.0. The first-order chi connectivity index (χ1) is 17.7. The topological polar surface area (TPSA) is 30.2 Å². The second-order valence-corrected chi connectivity index (χ2v) is 13.7. The summed E-state index contributed by atoms with van der Waals surface area (Å²) >= 11 is 0. The van der Waals surface area contributed by atoms with Crippen molar-refractivity contribution in [2.75, 3.05) is 0 Å². The zero-order chi connectivity index (χ0) is 27.4. The fourth-order valence-corrected chi connectivity index (χ4v) is 6.46. The Morgan fingerprint density at radius 1 is 0.872 bits per heavy atom. The van der Waals surface area contributed by atoms with Crippen molar-refractivity contribution in [1.29, 1.82) is 0 Å². The van der Waals surface area contributed by atoms with E-state index in [1.54, 1.807) is 0 Å². The molecule has 2 heterocycles. The molecule has 0 aliphatic heterocycles. The molecular weight excluding hydrogens is 655 g/mol. The number of hydrogen-bond donors (Lipinski definition) is 0. The van der Waals surface area contributed by atoms with Crippen LogP contribution in [-0.2, 0) is 36.4 Å². The minimum atomic E-state index is -0.188. The molecule has 0 atom stereocenters. The van der Waals surface area contributed by atoms with Crippen molar-refractivity contribution < 1.29 is 20.1 Å². The molecule has 0 fully saturated rings. The Morgan fingerprint density at radius 2 is 1.49 bits per heavy atom. The molecule has 4 heteroatoms. The molecule has 0 spiro atoms. The number of rotatable bonds is 2. The van der Waals surface area contributed by atoms with E-state index >= 15 is 0 Å². The minimum absolute atomic E-state index is 0. The Balaban J connectivity index is 0.00000308. The summed E-state index contributed by atoms with van der Waals surface area (Å²) in [6, 6.07) is 20.9. The molecule has 1 radical (unpaired) electrons. The molecular formula is C35H38IrN3-. The van der Waals surface area contributed by atoms with E-state index in [1.807, 2.05) is 12.1 Å². The van der Waals surface area contributed by atoms with Gasteiger partial charge in [0, 0.05) is 25.5 Å². The van der Waals surface area contributed by atoms with Gasteiger partial charge in [0.05, 0.1) is 16.7 Å². The molecule has 5 aromatic rings. The van der Waals surface area contributed by atoms with Crippen LogP contribution < -0.4 is 0 Å². The minimum Gasteiger partial charge on any atom is -0.321 e. The Kier molecular flexibility index (Phi) is 6.11. The van der Waals surface area contributed by atoms with Crippen LogP contribution in [-0.4, -0.2) is 14.4 Å². The first-order valence-corrected chi connectivity index (χ1v) is 13.6. The first-order valence-electron chi connectivity index (χ1n) is 13.6. The molecule has 6 rings (SSSR count). The van der Waals surface area contributed by atoms with E-state index in [0.717, 1.165) is 50.1 Å². The standard InChI is InChI=1S/C35H38N3.Ir/c1-11-21-15-17-22(18-16-21)23-13-12-14-24-29(23)37-31(32(2,3)4)38-28-20-26-25(19-27(28)36-30(24)38)33(5,6)35(9,10)34(26,7)8;/h11-13,15-20H,1H2,2-10H3;/q-1;. The quantitative estimate of drug-likeness (QED) is 0.173. The SMILES string of the molecule is C=Cc1ccc(-c2cc[c-]c3c2nc(C(C)(C)C)n2c4cc5c(cc4nc32)C(C)(C)C(C)(C)C5(C)C)cc1.[Ir]. The van der Waals surface area contributed by atoms with Crippen molar-refractivity contribution in [3.8, 4) is 11.1 Å². The van der Waals surface area contributed by atoms with E-state index in [1.165, 1.54) is 11.1 Å². The van der Waals surface area contributed by atoms with Crippen LogP contribution in [0.25, 0.3) is 44.8 Å². The number of benzene rings is 3. The summed E-state index contributed by atoms with van der Waals surface area (Å²) in [4.78, 5) is 10.7. The van der Waals surface area contributed by atoms with Crippen molar-refractivity contribution in [3.63, 3.8) is 0 Å². The second-order valence-electron chi connectivity index (χ2n) is 13.7. The predicted octanol–water partition coefficient (Wildman–Crippen LogP) is 9.04. The van der Waals surface area contributed by atoms with E-state index in [9.17, 15) is 0 Å². The molecule has 0 amide bonds. The molecule has 1 aliphatic rings. The normalized spacial score (nSPS) is 17.4. The van der Waals surface area contributed by atoms with Crippen LogP contribution in [0.1, 0.15) is 84.8 Å². The molecule has 0 N–H and O–H groups in total. The van der Waals surface area contributed by atoms with Crippen LogP contribution in [0.3, 0.4) is 0 Å². The Labute approximate surface area is 246 Å². The summed E-state index contributed by atoms with van der Waals surface area (Å²) in [7, 11) is 0. The van der Waals surface area contributed by atoms with Crippen LogP contribution in [0.2, 0.25) is 0 Å². The average molecular weight is 693 g/mol. The second kappa shape index (κ2) is 8.59. The Hall–Kier alpha value is -2.81. The van der Waals surface area contributed by atoms with Crippen molar-refractivity contribution in [1.82, 2.24) is 14.4 Å². The summed E-state index contributed by atoms with van der Waals surface area (Å²) in [5.74, 6) is 1.01. The molecule has 0 saturated carbocycles. The van der Waals surface area contributed by atoms with Crippen molar-refractivity contribution >= 4 is 33.7 Å². The summed E-state index contributed by atoms with van der Waals surface area (Å²) in [5, 5.41) is 0.957. The molecule has 0 unspecified atom stereocenters. The smallest absolute Gasteiger partial charge is 0.102 e. The molecule has 3 aromatic carbocycles. The Bertz CT molecular complexity index is 1780. The Morgan fingerprint density at radius 3 is 2.08 bits per heavy atom. The number of aromatic nitrogens is 3. The third-order valence-corrected chi connectivity index (χ3v) is 10.0. The van der Waals surface area contributed by atoms with Crippen LogP contribution in [0.5, 0.6) is 0 Å². The molecule has 39 heavy (non-hydrogen) atoms. The molecule has 1 aliphatic carbocycles. The third-order valence-electron chi connectivity index (χ3n) is 10.0. The summed E-state index contributed by atoms with van der Waals surface area (Å²) in [5.41, 5.74) is 10.2. The van der Waals surface area contributed by atoms with Crippen LogP contribution in [0.15, 0.2) is 55.1 Å². The largest absolute Gasteiger partial charge is 0.321 e. The van der Waals surface area contributed by atoms with Gasteiger partial charge in [0.1, 0.15) is 5.82 Å². The molecule has 0 bridgehead atoms. The van der Waals surface area contributed by atoms with E-state index < -0.39 is 0 Å². The fourth-order valence-electron chi connectivity index (χ4n) is 6.46. The molecule has 2 aromatic heterocycles. The van der Waals surface area contributed by atoms with E-state index in [4.69, 9.17) is 9.97 Å². The third kappa shape index (κ3) is 3.64. The number of nitrogens with zero attached hydrogens (tertiary/aromatic N) is 3. The van der Waals surface area contributed by atoms with Gasteiger partial charge < -0.3 is 4.40 Å². The predicted molar refractivity (Wildman–Crippen MR) is 161 cm³/mol. The maximum atomic E-state index is 5.37. The average Bonchev–Trinajstić information content (AvgIpc) is 3.28. The van der Waals surface area contributed by atoms with Crippen LogP contribution in [0, 0.1) is 11.5 Å². The van der Waals surface area contributed by atoms with Gasteiger partial charge in [-0.25, -0.2) is 0 Å². The van der Waals surface area contributed by atoms with Gasteiger partial charge in [-0.05, 0) is 56.1 Å². The molecule has 3 nitrogen and oxygen atoms in total.